The quantitative estimate of drug-likeness (QED) is 0.594. The van der Waals surface area contributed by atoms with Crippen molar-refractivity contribution in [2.45, 2.75) is 19.9 Å². The van der Waals surface area contributed by atoms with Crippen LogP contribution < -0.4 is 0 Å². The number of phenolic OH excluding ortho intramolecular Hbond substituents is 1. The molecule has 0 bridgehead atoms. The Morgan fingerprint density at radius 1 is 1.33 bits per heavy atom. The largest absolute Gasteiger partial charge is 0.507 e. The Balaban J connectivity index is 3.17. The molecule has 0 fully saturated rings. The first-order valence-corrected chi connectivity index (χ1v) is 6.96. The zero-order chi connectivity index (χ0) is 15.8. The van der Waals surface area contributed by atoms with Crippen LogP contribution in [0, 0.1) is 5.92 Å². The number of aliphatic hydroxyl groups excluding tert-OH is 1. The van der Waals surface area contributed by atoms with Crippen LogP contribution in [0.1, 0.15) is 25.0 Å². The Labute approximate surface area is 126 Å². The molecule has 1 unspecified atom stereocenters. The molecule has 1 aromatic carbocycles. The number of aliphatic imine (C=N–C) groups is 1. The fourth-order valence-electron chi connectivity index (χ4n) is 1.90. The number of rotatable bonds is 7. The summed E-state index contributed by atoms with van der Waals surface area (Å²) in [4.78, 5) is 4.34. The summed E-state index contributed by atoms with van der Waals surface area (Å²) in [5, 5.41) is 19.6. The number of aromatic hydroxyl groups is 1. The lowest BCUT2D eigenvalue weighted by molar-refractivity contribution is 0.240. The molecule has 0 aliphatic rings. The van der Waals surface area contributed by atoms with Gasteiger partial charge in [0.15, 0.2) is 0 Å². The van der Waals surface area contributed by atoms with Crippen molar-refractivity contribution in [1.29, 1.82) is 0 Å². The lowest BCUT2D eigenvalue weighted by atomic mass is 10.0. The van der Waals surface area contributed by atoms with E-state index in [-0.39, 0.29) is 24.3 Å². The average molecular weight is 285 g/mol. The molecule has 0 saturated heterocycles. The van der Waals surface area contributed by atoms with Gasteiger partial charge in [-0.2, -0.15) is 0 Å². The number of nitrogens with zero attached hydrogens (tertiary/aromatic N) is 1. The highest BCUT2D eigenvalue weighted by molar-refractivity contribution is 5.89. The second-order valence-corrected chi connectivity index (χ2v) is 5.08. The molecule has 3 nitrogen and oxygen atoms in total. The molecule has 0 aliphatic heterocycles. The standard InChI is InChI=1S/C18H23NO2/c1-5-8-14(6-2)16-10-7-9-15(18(16)21)11-19-17(12-20)13(3)4/h5-11,13,17,20-21H,1-2,12H2,3-4H3/b14-8+,19-11?. The first-order valence-electron chi connectivity index (χ1n) is 6.96. The van der Waals surface area contributed by atoms with E-state index in [9.17, 15) is 10.2 Å². The Hall–Kier alpha value is -2.13. The van der Waals surface area contributed by atoms with Gasteiger partial charge < -0.3 is 10.2 Å². The predicted octanol–water partition coefficient (Wildman–Crippen LogP) is 3.58. The summed E-state index contributed by atoms with van der Waals surface area (Å²) in [6.45, 7) is 11.4. The van der Waals surface area contributed by atoms with Crippen LogP contribution in [0.4, 0.5) is 0 Å². The highest BCUT2D eigenvalue weighted by Gasteiger charge is 2.11. The predicted molar refractivity (Wildman–Crippen MR) is 89.8 cm³/mol. The third kappa shape index (κ3) is 4.43. The van der Waals surface area contributed by atoms with Gasteiger partial charge in [0.05, 0.1) is 12.6 Å². The van der Waals surface area contributed by atoms with Crippen molar-refractivity contribution >= 4 is 11.8 Å². The molecule has 112 valence electrons. The van der Waals surface area contributed by atoms with Gasteiger partial charge in [-0.25, -0.2) is 0 Å². The van der Waals surface area contributed by atoms with E-state index < -0.39 is 0 Å². The van der Waals surface area contributed by atoms with Gasteiger partial charge in [0.25, 0.3) is 0 Å². The van der Waals surface area contributed by atoms with E-state index >= 15 is 0 Å². The first kappa shape index (κ1) is 16.9. The second-order valence-electron chi connectivity index (χ2n) is 5.08. The van der Waals surface area contributed by atoms with E-state index in [1.807, 2.05) is 26.0 Å². The number of hydrogen-bond acceptors (Lipinski definition) is 3. The molecule has 0 saturated carbocycles. The monoisotopic (exact) mass is 285 g/mol. The normalized spacial score (nSPS) is 13.6. The van der Waals surface area contributed by atoms with Crippen molar-refractivity contribution in [2.75, 3.05) is 6.61 Å². The van der Waals surface area contributed by atoms with Crippen LogP contribution >= 0.6 is 0 Å². The summed E-state index contributed by atoms with van der Waals surface area (Å²) in [5.74, 6) is 0.385. The summed E-state index contributed by atoms with van der Waals surface area (Å²) < 4.78 is 0. The fraction of sp³-hybridized carbons (Fsp3) is 0.278. The average Bonchev–Trinajstić information content (AvgIpc) is 2.47. The van der Waals surface area contributed by atoms with E-state index in [1.54, 1.807) is 30.5 Å². The summed E-state index contributed by atoms with van der Waals surface area (Å²) in [6, 6.07) is 5.28. The van der Waals surface area contributed by atoms with E-state index in [2.05, 4.69) is 18.2 Å². The molecule has 2 N–H and O–H groups in total. The summed E-state index contributed by atoms with van der Waals surface area (Å²) in [5.41, 5.74) is 2.09. The molecule has 3 heteroatoms. The minimum Gasteiger partial charge on any atom is -0.507 e. The van der Waals surface area contributed by atoms with E-state index in [4.69, 9.17) is 0 Å². The Bertz CT molecular complexity index is 556. The molecule has 1 rings (SSSR count). The molecule has 21 heavy (non-hydrogen) atoms. The van der Waals surface area contributed by atoms with Crippen LogP contribution in [0.15, 0.2) is 54.6 Å². The van der Waals surface area contributed by atoms with Gasteiger partial charge in [-0.3, -0.25) is 4.99 Å². The van der Waals surface area contributed by atoms with Crippen molar-refractivity contribution in [3.8, 4) is 5.75 Å². The Morgan fingerprint density at radius 3 is 2.57 bits per heavy atom. The number of allylic oxidation sites excluding steroid dienone is 4. The molecule has 1 atom stereocenters. The minimum atomic E-state index is -0.171. The Kier molecular flexibility index (Phi) is 6.63. The lowest BCUT2D eigenvalue weighted by Crippen LogP contribution is -2.17. The van der Waals surface area contributed by atoms with Gasteiger partial charge >= 0.3 is 0 Å². The molecule has 0 amide bonds. The van der Waals surface area contributed by atoms with Crippen LogP contribution in [0.25, 0.3) is 5.57 Å². The topological polar surface area (TPSA) is 52.8 Å². The maximum atomic E-state index is 10.4. The highest BCUT2D eigenvalue weighted by Crippen LogP contribution is 2.28. The van der Waals surface area contributed by atoms with E-state index in [0.29, 0.717) is 11.1 Å². The van der Waals surface area contributed by atoms with Crippen molar-refractivity contribution in [3.05, 3.63) is 60.7 Å². The second kappa shape index (κ2) is 8.22. The van der Waals surface area contributed by atoms with Crippen LogP contribution in [0.2, 0.25) is 0 Å². The molecule has 0 heterocycles. The smallest absolute Gasteiger partial charge is 0.132 e. The van der Waals surface area contributed by atoms with Gasteiger partial charge in [0.1, 0.15) is 5.75 Å². The van der Waals surface area contributed by atoms with Crippen molar-refractivity contribution in [3.63, 3.8) is 0 Å². The van der Waals surface area contributed by atoms with Gasteiger partial charge in [-0.15, -0.1) is 0 Å². The summed E-state index contributed by atoms with van der Waals surface area (Å²) in [6.07, 6.45) is 6.71. The lowest BCUT2D eigenvalue weighted by Gasteiger charge is -2.13. The summed E-state index contributed by atoms with van der Waals surface area (Å²) >= 11 is 0. The van der Waals surface area contributed by atoms with Crippen LogP contribution in [0.5, 0.6) is 5.75 Å². The zero-order valence-corrected chi connectivity index (χ0v) is 12.7. The van der Waals surface area contributed by atoms with E-state index in [0.717, 1.165) is 5.57 Å². The molecule has 1 aromatic rings. The van der Waals surface area contributed by atoms with Crippen LogP contribution in [-0.2, 0) is 0 Å². The van der Waals surface area contributed by atoms with Crippen LogP contribution in [-0.4, -0.2) is 29.1 Å². The van der Waals surface area contributed by atoms with Crippen molar-refractivity contribution < 1.29 is 10.2 Å². The van der Waals surface area contributed by atoms with Gasteiger partial charge in [0.2, 0.25) is 0 Å². The fourth-order valence-corrected chi connectivity index (χ4v) is 1.90. The number of hydrogen-bond donors (Lipinski definition) is 2. The van der Waals surface area contributed by atoms with Gasteiger partial charge in [-0.05, 0) is 17.6 Å². The highest BCUT2D eigenvalue weighted by atomic mass is 16.3. The molecule has 0 spiro atoms. The summed E-state index contributed by atoms with van der Waals surface area (Å²) in [7, 11) is 0. The molecule has 0 radical (unpaired) electrons. The minimum absolute atomic E-state index is 0.0110. The van der Waals surface area contributed by atoms with Crippen LogP contribution in [0.3, 0.4) is 0 Å². The first-order chi connectivity index (χ1) is 10.0. The third-order valence-corrected chi connectivity index (χ3v) is 3.26. The number of phenols is 1. The zero-order valence-electron chi connectivity index (χ0n) is 12.7. The van der Waals surface area contributed by atoms with Gasteiger partial charge in [-0.1, -0.05) is 57.4 Å². The third-order valence-electron chi connectivity index (χ3n) is 3.26. The number of para-hydroxylation sites is 1. The van der Waals surface area contributed by atoms with Gasteiger partial charge in [0, 0.05) is 17.3 Å². The molecule has 0 aromatic heterocycles. The SMILES string of the molecule is C=C/C=C(\C=C)c1cccc(C=NC(CO)C(C)C)c1O. The number of benzene rings is 1. The van der Waals surface area contributed by atoms with Crippen molar-refractivity contribution in [2.24, 2.45) is 10.9 Å². The molecule has 0 aliphatic carbocycles. The molecular weight excluding hydrogens is 262 g/mol. The maximum Gasteiger partial charge on any atom is 0.132 e. The van der Waals surface area contributed by atoms with E-state index in [1.165, 1.54) is 0 Å². The maximum absolute atomic E-state index is 10.4. The number of aliphatic hydroxyl groups is 1. The van der Waals surface area contributed by atoms with Crippen molar-refractivity contribution in [1.82, 2.24) is 0 Å². The molecular formula is C18H23NO2. The Morgan fingerprint density at radius 2 is 2.05 bits per heavy atom.